The van der Waals surface area contributed by atoms with E-state index in [4.69, 9.17) is 0 Å². The smallest absolute Gasteiger partial charge is 0.208 e. The van der Waals surface area contributed by atoms with Crippen molar-refractivity contribution in [3.8, 4) is 0 Å². The maximum atomic E-state index is 10.9. The van der Waals surface area contributed by atoms with Crippen LogP contribution in [0.2, 0.25) is 0 Å². The molecule has 1 saturated heterocycles. The molecule has 6 heteroatoms. The van der Waals surface area contributed by atoms with Crippen molar-refractivity contribution in [1.82, 2.24) is 14.9 Å². The van der Waals surface area contributed by atoms with E-state index in [0.717, 1.165) is 13.1 Å². The van der Waals surface area contributed by atoms with Crippen molar-refractivity contribution in [2.45, 2.75) is 32.7 Å². The van der Waals surface area contributed by atoms with Gasteiger partial charge in [-0.1, -0.05) is 6.92 Å². The van der Waals surface area contributed by atoms with Crippen LogP contribution < -0.4 is 10.0 Å². The van der Waals surface area contributed by atoms with Crippen LogP contribution in [0.25, 0.3) is 0 Å². The third-order valence-corrected chi connectivity index (χ3v) is 4.38. The van der Waals surface area contributed by atoms with Crippen LogP contribution in [-0.2, 0) is 10.0 Å². The molecular weight excluding hydrogens is 250 g/mol. The number of nitrogens with zero attached hydrogens (tertiary/aromatic N) is 1. The standard InChI is InChI=1S/C12H27N3O2S/c1-4-15-9-5-6-12(10-15)11(2)13-7-8-14-18(3,16)17/h11-14H,4-10H2,1-3H3. The fourth-order valence-corrected chi connectivity index (χ4v) is 2.96. The molecule has 0 saturated carbocycles. The lowest BCUT2D eigenvalue weighted by Gasteiger charge is -2.35. The molecule has 0 aromatic rings. The second kappa shape index (κ2) is 7.43. The Hall–Kier alpha value is -0.170. The van der Waals surface area contributed by atoms with Crippen LogP contribution in [0.4, 0.5) is 0 Å². The summed E-state index contributed by atoms with van der Waals surface area (Å²) in [5.74, 6) is 0.678. The number of sulfonamides is 1. The number of likely N-dealkylation sites (tertiary alicyclic amines) is 1. The Bertz CT molecular complexity index is 332. The van der Waals surface area contributed by atoms with Crippen molar-refractivity contribution >= 4 is 10.0 Å². The maximum absolute atomic E-state index is 10.9. The molecule has 0 aromatic carbocycles. The Morgan fingerprint density at radius 3 is 2.72 bits per heavy atom. The van der Waals surface area contributed by atoms with Gasteiger partial charge in [0.2, 0.25) is 10.0 Å². The van der Waals surface area contributed by atoms with E-state index in [9.17, 15) is 8.42 Å². The molecule has 0 bridgehead atoms. The summed E-state index contributed by atoms with van der Waals surface area (Å²) in [5, 5.41) is 3.42. The van der Waals surface area contributed by atoms with Gasteiger partial charge in [-0.25, -0.2) is 13.1 Å². The van der Waals surface area contributed by atoms with Crippen LogP contribution in [0.1, 0.15) is 26.7 Å². The molecule has 1 rings (SSSR count). The second-order valence-corrected chi connectivity index (χ2v) is 7.04. The number of hydrogen-bond acceptors (Lipinski definition) is 4. The highest BCUT2D eigenvalue weighted by Crippen LogP contribution is 2.19. The first kappa shape index (κ1) is 15.9. The van der Waals surface area contributed by atoms with E-state index in [1.54, 1.807) is 0 Å². The summed E-state index contributed by atoms with van der Waals surface area (Å²) in [5.41, 5.74) is 0. The van der Waals surface area contributed by atoms with Gasteiger partial charge in [-0.3, -0.25) is 0 Å². The van der Waals surface area contributed by atoms with E-state index < -0.39 is 10.0 Å². The van der Waals surface area contributed by atoms with E-state index in [0.29, 0.717) is 25.0 Å². The van der Waals surface area contributed by atoms with Crippen molar-refractivity contribution in [3.63, 3.8) is 0 Å². The fraction of sp³-hybridized carbons (Fsp3) is 1.00. The third-order valence-electron chi connectivity index (χ3n) is 3.65. The lowest BCUT2D eigenvalue weighted by Crippen LogP contribution is -2.45. The van der Waals surface area contributed by atoms with Crippen LogP contribution in [-0.4, -0.2) is 58.3 Å². The highest BCUT2D eigenvalue weighted by molar-refractivity contribution is 7.88. The first-order valence-corrected chi connectivity index (χ1v) is 8.72. The average Bonchev–Trinajstić information content (AvgIpc) is 2.33. The maximum Gasteiger partial charge on any atom is 0.208 e. The molecule has 2 atom stereocenters. The van der Waals surface area contributed by atoms with Crippen molar-refractivity contribution in [3.05, 3.63) is 0 Å². The summed E-state index contributed by atoms with van der Waals surface area (Å²) in [6, 6.07) is 0.445. The molecule has 2 unspecified atom stereocenters. The monoisotopic (exact) mass is 277 g/mol. The number of hydrogen-bond donors (Lipinski definition) is 2. The lowest BCUT2D eigenvalue weighted by atomic mass is 9.91. The fourth-order valence-electron chi connectivity index (χ4n) is 2.49. The van der Waals surface area contributed by atoms with Gasteiger partial charge in [-0.05, 0) is 38.8 Å². The first-order chi connectivity index (χ1) is 8.42. The molecule has 0 aromatic heterocycles. The molecule has 2 N–H and O–H groups in total. The Morgan fingerprint density at radius 2 is 2.11 bits per heavy atom. The molecule has 5 nitrogen and oxygen atoms in total. The summed E-state index contributed by atoms with van der Waals surface area (Å²) in [7, 11) is -3.06. The van der Waals surface area contributed by atoms with Gasteiger partial charge < -0.3 is 10.2 Å². The Balaban J connectivity index is 2.21. The van der Waals surface area contributed by atoms with E-state index in [2.05, 4.69) is 28.8 Å². The van der Waals surface area contributed by atoms with Gasteiger partial charge in [-0.2, -0.15) is 0 Å². The molecule has 108 valence electrons. The topological polar surface area (TPSA) is 61.4 Å². The van der Waals surface area contributed by atoms with Crippen molar-refractivity contribution in [2.75, 3.05) is 39.0 Å². The van der Waals surface area contributed by atoms with Gasteiger partial charge in [0.25, 0.3) is 0 Å². The molecule has 1 aliphatic rings. The Kier molecular flexibility index (Phi) is 6.55. The summed E-state index contributed by atoms with van der Waals surface area (Å²) < 4.78 is 24.3. The molecule has 1 fully saturated rings. The quantitative estimate of drug-likeness (QED) is 0.655. The van der Waals surface area contributed by atoms with Crippen LogP contribution in [0.5, 0.6) is 0 Å². The van der Waals surface area contributed by atoms with E-state index >= 15 is 0 Å². The molecular formula is C12H27N3O2S. The van der Waals surface area contributed by atoms with E-state index in [1.165, 1.54) is 25.6 Å². The minimum Gasteiger partial charge on any atom is -0.313 e. The molecule has 0 aliphatic carbocycles. The van der Waals surface area contributed by atoms with Gasteiger partial charge in [0.05, 0.1) is 6.26 Å². The van der Waals surface area contributed by atoms with Gasteiger partial charge in [0.1, 0.15) is 0 Å². The average molecular weight is 277 g/mol. The minimum atomic E-state index is -3.06. The van der Waals surface area contributed by atoms with Gasteiger partial charge in [-0.15, -0.1) is 0 Å². The highest BCUT2D eigenvalue weighted by atomic mass is 32.2. The second-order valence-electron chi connectivity index (χ2n) is 5.20. The summed E-state index contributed by atoms with van der Waals surface area (Å²) >= 11 is 0. The van der Waals surface area contributed by atoms with Crippen LogP contribution in [0.3, 0.4) is 0 Å². The highest BCUT2D eigenvalue weighted by Gasteiger charge is 2.23. The third kappa shape index (κ3) is 6.13. The van der Waals surface area contributed by atoms with Gasteiger partial charge in [0, 0.05) is 25.7 Å². The minimum absolute atomic E-state index is 0.445. The Morgan fingerprint density at radius 1 is 1.39 bits per heavy atom. The lowest BCUT2D eigenvalue weighted by molar-refractivity contribution is 0.157. The molecule has 1 aliphatic heterocycles. The largest absolute Gasteiger partial charge is 0.313 e. The summed E-state index contributed by atoms with van der Waals surface area (Å²) in [6.45, 7) is 9.06. The van der Waals surface area contributed by atoms with E-state index in [-0.39, 0.29) is 0 Å². The Labute approximate surface area is 111 Å². The van der Waals surface area contributed by atoms with Crippen LogP contribution in [0, 0.1) is 5.92 Å². The summed E-state index contributed by atoms with van der Waals surface area (Å²) in [6.07, 6.45) is 3.73. The van der Waals surface area contributed by atoms with Crippen molar-refractivity contribution < 1.29 is 8.42 Å². The molecule has 1 heterocycles. The number of nitrogens with one attached hydrogen (secondary N) is 2. The molecule has 18 heavy (non-hydrogen) atoms. The molecule has 0 radical (unpaired) electrons. The zero-order valence-corrected chi connectivity index (χ0v) is 12.6. The molecule has 0 spiro atoms. The van der Waals surface area contributed by atoms with Gasteiger partial charge in [0.15, 0.2) is 0 Å². The van der Waals surface area contributed by atoms with E-state index in [1.807, 2.05) is 0 Å². The summed E-state index contributed by atoms with van der Waals surface area (Å²) in [4.78, 5) is 2.49. The number of rotatable bonds is 7. The number of piperidine rings is 1. The van der Waals surface area contributed by atoms with Crippen LogP contribution >= 0.6 is 0 Å². The predicted octanol–water partition coefficient (Wildman–Crippen LogP) is 0.246. The SMILES string of the molecule is CCN1CCCC(C(C)NCCNS(C)(=O)=O)C1. The normalized spacial score (nSPS) is 24.1. The van der Waals surface area contributed by atoms with Crippen LogP contribution in [0.15, 0.2) is 0 Å². The predicted molar refractivity (Wildman–Crippen MR) is 75.1 cm³/mol. The van der Waals surface area contributed by atoms with Crippen molar-refractivity contribution in [2.24, 2.45) is 5.92 Å². The first-order valence-electron chi connectivity index (χ1n) is 6.82. The van der Waals surface area contributed by atoms with Gasteiger partial charge >= 0.3 is 0 Å². The van der Waals surface area contributed by atoms with Crippen molar-refractivity contribution in [1.29, 1.82) is 0 Å². The zero-order chi connectivity index (χ0) is 13.6. The zero-order valence-electron chi connectivity index (χ0n) is 11.8. The molecule has 0 amide bonds.